The molecule has 182 valence electrons. The summed E-state index contributed by atoms with van der Waals surface area (Å²) in [6, 6.07) is 17.6. The normalized spacial score (nSPS) is 11.1. The van der Waals surface area contributed by atoms with Gasteiger partial charge in [-0.2, -0.15) is 0 Å². The lowest BCUT2D eigenvalue weighted by Crippen LogP contribution is -2.24. The summed E-state index contributed by atoms with van der Waals surface area (Å²) in [6.45, 7) is 15.7. The van der Waals surface area contributed by atoms with Crippen molar-refractivity contribution in [3.63, 3.8) is 0 Å². The van der Waals surface area contributed by atoms with Crippen LogP contribution in [0.1, 0.15) is 35.7 Å². The molecule has 2 aromatic carbocycles. The molecule has 35 heavy (non-hydrogen) atoms. The molecule has 0 saturated carbocycles. The highest BCUT2D eigenvalue weighted by Crippen LogP contribution is 2.27. The Labute approximate surface area is 208 Å². The zero-order valence-electron chi connectivity index (χ0n) is 20.8. The second kappa shape index (κ2) is 12.5. The van der Waals surface area contributed by atoms with Crippen LogP contribution in [0.3, 0.4) is 0 Å². The van der Waals surface area contributed by atoms with Crippen molar-refractivity contribution in [1.29, 1.82) is 0 Å². The first-order valence-electron chi connectivity index (χ1n) is 11.8. The second-order valence-electron chi connectivity index (χ2n) is 8.35. The van der Waals surface area contributed by atoms with Gasteiger partial charge in [-0.05, 0) is 61.7 Å². The zero-order chi connectivity index (χ0) is 25.2. The zero-order valence-corrected chi connectivity index (χ0v) is 20.8. The van der Waals surface area contributed by atoms with Crippen molar-refractivity contribution in [2.45, 2.75) is 40.3 Å². The van der Waals surface area contributed by atoms with Crippen molar-refractivity contribution in [2.75, 3.05) is 6.61 Å². The van der Waals surface area contributed by atoms with Gasteiger partial charge in [-0.3, -0.25) is 4.79 Å². The minimum Gasteiger partial charge on any atom is -0.494 e. The fourth-order valence-corrected chi connectivity index (χ4v) is 3.50. The van der Waals surface area contributed by atoms with Crippen LogP contribution in [0.2, 0.25) is 0 Å². The van der Waals surface area contributed by atoms with E-state index in [2.05, 4.69) is 30.0 Å². The highest BCUT2D eigenvalue weighted by Gasteiger charge is 2.09. The second-order valence-corrected chi connectivity index (χ2v) is 8.35. The number of rotatable bonds is 12. The number of nitrogens with zero attached hydrogens (tertiary/aromatic N) is 1. The third-order valence-corrected chi connectivity index (χ3v) is 5.63. The fourth-order valence-electron chi connectivity index (χ4n) is 3.50. The van der Waals surface area contributed by atoms with Crippen LogP contribution in [0.5, 0.6) is 11.5 Å². The van der Waals surface area contributed by atoms with Gasteiger partial charge in [0, 0.05) is 36.1 Å². The van der Waals surface area contributed by atoms with Crippen molar-refractivity contribution in [1.82, 2.24) is 9.88 Å². The molecule has 0 radical (unpaired) electrons. The summed E-state index contributed by atoms with van der Waals surface area (Å²) in [4.78, 5) is 12.6. The Morgan fingerprint density at radius 3 is 2.51 bits per heavy atom. The number of nitrogens with one attached hydrogen (secondary N) is 1. The maximum Gasteiger partial charge on any atom is 0.251 e. The van der Waals surface area contributed by atoms with E-state index in [4.69, 9.17) is 9.47 Å². The van der Waals surface area contributed by atoms with Gasteiger partial charge in [0.1, 0.15) is 17.3 Å². The smallest absolute Gasteiger partial charge is 0.251 e. The Balaban J connectivity index is 1.54. The molecule has 0 saturated heterocycles. The molecule has 3 aromatic rings. The average Bonchev–Trinajstić information content (AvgIpc) is 3.28. The SMILES string of the molecule is C=C/C(=C\Cn1cccc1C)C(=O)NCc1ccc(C(=C)Oc2ccc(OCCC)cc2C)cc1. The van der Waals surface area contributed by atoms with Crippen molar-refractivity contribution in [3.8, 4) is 11.5 Å². The number of amides is 1. The van der Waals surface area contributed by atoms with E-state index in [1.165, 1.54) is 0 Å². The molecule has 1 aromatic heterocycles. The summed E-state index contributed by atoms with van der Waals surface area (Å²) in [5.41, 5.74) is 4.53. The molecule has 0 bridgehead atoms. The van der Waals surface area contributed by atoms with Gasteiger partial charge < -0.3 is 19.4 Å². The summed E-state index contributed by atoms with van der Waals surface area (Å²) in [6.07, 6.45) is 6.42. The summed E-state index contributed by atoms with van der Waals surface area (Å²) in [5, 5.41) is 2.96. The van der Waals surface area contributed by atoms with Crippen molar-refractivity contribution in [3.05, 3.63) is 114 Å². The van der Waals surface area contributed by atoms with Crippen LogP contribution in [0.4, 0.5) is 0 Å². The van der Waals surface area contributed by atoms with Gasteiger partial charge >= 0.3 is 0 Å². The van der Waals surface area contributed by atoms with Crippen molar-refractivity contribution in [2.24, 2.45) is 0 Å². The molecule has 1 N–H and O–H groups in total. The summed E-state index contributed by atoms with van der Waals surface area (Å²) in [7, 11) is 0. The van der Waals surface area contributed by atoms with Crippen molar-refractivity contribution >= 4 is 11.7 Å². The van der Waals surface area contributed by atoms with Gasteiger partial charge in [0.15, 0.2) is 0 Å². The topological polar surface area (TPSA) is 52.5 Å². The van der Waals surface area contributed by atoms with E-state index in [9.17, 15) is 4.79 Å². The molecule has 0 unspecified atom stereocenters. The van der Waals surface area contributed by atoms with E-state index < -0.39 is 0 Å². The molecule has 0 fully saturated rings. The Morgan fingerprint density at radius 1 is 1.11 bits per heavy atom. The highest BCUT2D eigenvalue weighted by molar-refractivity contribution is 5.95. The summed E-state index contributed by atoms with van der Waals surface area (Å²) >= 11 is 0. The Morgan fingerprint density at radius 2 is 1.89 bits per heavy atom. The lowest BCUT2D eigenvalue weighted by Gasteiger charge is -2.13. The molecule has 0 aliphatic carbocycles. The van der Waals surface area contributed by atoms with Crippen LogP contribution in [-0.2, 0) is 17.9 Å². The van der Waals surface area contributed by atoms with Gasteiger partial charge in [0.25, 0.3) is 5.91 Å². The molecule has 1 heterocycles. The Hall–Kier alpha value is -3.99. The largest absolute Gasteiger partial charge is 0.494 e. The standard InChI is InChI=1S/C30H34N2O3/c1-6-19-34-28-14-15-29(22(3)20-28)35-24(5)27-12-10-25(11-13-27)21-31-30(33)26(7-2)16-18-32-17-8-9-23(32)4/h7-17,20H,2,5-6,18-19,21H2,1,3-4H3,(H,31,33)/b26-16+. The molecule has 0 spiro atoms. The van der Waals surface area contributed by atoms with Gasteiger partial charge in [0.05, 0.1) is 6.61 Å². The van der Waals surface area contributed by atoms with Crippen LogP contribution in [-0.4, -0.2) is 17.1 Å². The first-order chi connectivity index (χ1) is 16.9. The molecule has 5 heteroatoms. The Kier molecular flexibility index (Phi) is 9.13. The minimum atomic E-state index is -0.150. The first kappa shape index (κ1) is 25.6. The number of hydrogen-bond donors (Lipinski definition) is 1. The summed E-state index contributed by atoms with van der Waals surface area (Å²) in [5.74, 6) is 1.99. The molecular weight excluding hydrogens is 436 g/mol. The first-order valence-corrected chi connectivity index (χ1v) is 11.8. The molecule has 1 amide bonds. The predicted octanol–water partition coefficient (Wildman–Crippen LogP) is 6.37. The third kappa shape index (κ3) is 7.24. The average molecular weight is 471 g/mol. The highest BCUT2D eigenvalue weighted by atomic mass is 16.5. The number of carbonyl (C=O) groups excluding carboxylic acids is 1. The molecule has 5 nitrogen and oxygen atoms in total. The molecule has 0 aliphatic heterocycles. The van der Waals surface area contributed by atoms with E-state index in [-0.39, 0.29) is 5.91 Å². The van der Waals surface area contributed by atoms with Crippen LogP contribution < -0.4 is 14.8 Å². The van der Waals surface area contributed by atoms with E-state index in [1.807, 2.05) is 80.7 Å². The number of aromatic nitrogens is 1. The van der Waals surface area contributed by atoms with E-state index >= 15 is 0 Å². The third-order valence-electron chi connectivity index (χ3n) is 5.63. The number of aryl methyl sites for hydroxylation is 2. The lowest BCUT2D eigenvalue weighted by atomic mass is 10.1. The van der Waals surface area contributed by atoms with Gasteiger partial charge in [-0.1, -0.05) is 56.5 Å². The summed E-state index contributed by atoms with van der Waals surface area (Å²) < 4.78 is 13.7. The molecule has 0 atom stereocenters. The number of carbonyl (C=O) groups is 1. The van der Waals surface area contributed by atoms with Gasteiger partial charge in [-0.15, -0.1) is 0 Å². The number of allylic oxidation sites excluding steroid dienone is 1. The van der Waals surface area contributed by atoms with Crippen LogP contribution in [0.25, 0.3) is 5.76 Å². The monoisotopic (exact) mass is 470 g/mol. The predicted molar refractivity (Wildman–Crippen MR) is 142 cm³/mol. The van der Waals surface area contributed by atoms with E-state index in [0.29, 0.717) is 31.0 Å². The maximum atomic E-state index is 12.6. The molecular formula is C30H34N2O3. The number of hydrogen-bond acceptors (Lipinski definition) is 3. The number of benzene rings is 2. The van der Waals surface area contributed by atoms with Gasteiger partial charge in [0.2, 0.25) is 0 Å². The minimum absolute atomic E-state index is 0.150. The van der Waals surface area contributed by atoms with Gasteiger partial charge in [-0.25, -0.2) is 0 Å². The quantitative estimate of drug-likeness (QED) is 0.190. The maximum absolute atomic E-state index is 12.6. The van der Waals surface area contributed by atoms with E-state index in [0.717, 1.165) is 40.3 Å². The Bertz CT molecular complexity index is 1200. The van der Waals surface area contributed by atoms with Crippen LogP contribution in [0, 0.1) is 13.8 Å². The fraction of sp³-hybridized carbons (Fsp3) is 0.233. The van der Waals surface area contributed by atoms with E-state index in [1.54, 1.807) is 6.08 Å². The lowest BCUT2D eigenvalue weighted by molar-refractivity contribution is -0.117. The van der Waals surface area contributed by atoms with Crippen molar-refractivity contribution < 1.29 is 14.3 Å². The van der Waals surface area contributed by atoms with Crippen LogP contribution in [0.15, 0.2) is 91.7 Å². The van der Waals surface area contributed by atoms with Crippen LogP contribution >= 0.6 is 0 Å². The molecule has 3 rings (SSSR count). The molecule has 0 aliphatic rings. The number of ether oxygens (including phenoxy) is 2.